The van der Waals surface area contributed by atoms with Crippen molar-refractivity contribution in [2.45, 2.75) is 45.3 Å². The summed E-state index contributed by atoms with van der Waals surface area (Å²) in [7, 11) is 1.93. The van der Waals surface area contributed by atoms with Gasteiger partial charge in [-0.2, -0.15) is 5.10 Å². The molecule has 3 rings (SSSR count). The Morgan fingerprint density at radius 2 is 2.25 bits per heavy atom. The molecule has 0 unspecified atom stereocenters. The van der Waals surface area contributed by atoms with Gasteiger partial charge in [-0.3, -0.25) is 14.5 Å². The summed E-state index contributed by atoms with van der Waals surface area (Å²) in [5.74, 6) is -0.237. The van der Waals surface area contributed by atoms with Crippen LogP contribution in [-0.4, -0.2) is 33.3 Å². The monoisotopic (exact) mass is 328 g/mol. The van der Waals surface area contributed by atoms with E-state index in [1.54, 1.807) is 12.4 Å². The Kier molecular flexibility index (Phi) is 4.66. The van der Waals surface area contributed by atoms with Crippen LogP contribution in [0.2, 0.25) is 0 Å². The molecule has 3 atom stereocenters. The number of aromatic nitrogens is 3. The average molecular weight is 328 g/mol. The molecule has 0 bridgehead atoms. The van der Waals surface area contributed by atoms with Crippen LogP contribution in [0.15, 0.2) is 24.5 Å². The van der Waals surface area contributed by atoms with E-state index >= 15 is 0 Å². The van der Waals surface area contributed by atoms with Gasteiger partial charge in [0.05, 0.1) is 17.7 Å². The van der Waals surface area contributed by atoms with E-state index in [1.165, 1.54) is 0 Å². The predicted molar refractivity (Wildman–Crippen MR) is 90.6 cm³/mol. The lowest BCUT2D eigenvalue weighted by Crippen LogP contribution is -2.39. The molecule has 3 heterocycles. The zero-order chi connectivity index (χ0) is 17.3. The van der Waals surface area contributed by atoms with Gasteiger partial charge in [-0.15, -0.1) is 0 Å². The Morgan fingerprint density at radius 1 is 1.46 bits per heavy atom. The third-order valence-corrected chi connectivity index (χ3v) is 4.85. The van der Waals surface area contributed by atoms with Gasteiger partial charge in [0.15, 0.2) is 0 Å². The third-order valence-electron chi connectivity index (χ3n) is 4.85. The Balaban J connectivity index is 1.75. The van der Waals surface area contributed by atoms with Crippen LogP contribution >= 0.6 is 0 Å². The summed E-state index contributed by atoms with van der Waals surface area (Å²) in [6.07, 6.45) is 4.12. The quantitative estimate of drug-likeness (QED) is 0.934. The maximum absolute atomic E-state index is 12.6. The molecule has 6 heteroatoms. The van der Waals surface area contributed by atoms with E-state index in [0.717, 1.165) is 28.9 Å². The molecule has 0 saturated carbocycles. The lowest BCUT2D eigenvalue weighted by molar-refractivity contribution is -0.123. The smallest absolute Gasteiger partial charge is 0.227 e. The van der Waals surface area contributed by atoms with E-state index in [0.29, 0.717) is 6.61 Å². The van der Waals surface area contributed by atoms with E-state index in [9.17, 15) is 4.79 Å². The van der Waals surface area contributed by atoms with Gasteiger partial charge in [0, 0.05) is 37.3 Å². The first-order chi connectivity index (χ1) is 11.5. The minimum absolute atomic E-state index is 0.00250. The normalized spacial score (nSPS) is 21.7. The van der Waals surface area contributed by atoms with Gasteiger partial charge in [0.25, 0.3) is 0 Å². The number of nitrogens with zero attached hydrogens (tertiary/aromatic N) is 3. The van der Waals surface area contributed by atoms with Crippen molar-refractivity contribution < 1.29 is 9.53 Å². The predicted octanol–water partition coefficient (Wildman–Crippen LogP) is 2.18. The second-order valence-electron chi connectivity index (χ2n) is 6.41. The highest BCUT2D eigenvalue weighted by Gasteiger charge is 2.35. The fraction of sp³-hybridized carbons (Fsp3) is 0.500. The van der Waals surface area contributed by atoms with Crippen LogP contribution in [0.3, 0.4) is 0 Å². The molecule has 0 aliphatic carbocycles. The van der Waals surface area contributed by atoms with Gasteiger partial charge in [-0.05, 0) is 38.8 Å². The van der Waals surface area contributed by atoms with Crippen molar-refractivity contribution in [3.8, 4) is 0 Å². The summed E-state index contributed by atoms with van der Waals surface area (Å²) in [6.45, 7) is 6.57. The van der Waals surface area contributed by atoms with Crippen molar-refractivity contribution in [2.24, 2.45) is 7.05 Å². The Morgan fingerprint density at radius 3 is 2.88 bits per heavy atom. The van der Waals surface area contributed by atoms with E-state index in [1.807, 2.05) is 44.6 Å². The molecule has 1 aliphatic heterocycles. The van der Waals surface area contributed by atoms with Crippen molar-refractivity contribution in [2.75, 3.05) is 6.61 Å². The van der Waals surface area contributed by atoms with Crippen molar-refractivity contribution in [3.05, 3.63) is 47.0 Å². The fourth-order valence-electron chi connectivity index (χ4n) is 3.31. The molecule has 0 radical (unpaired) electrons. The van der Waals surface area contributed by atoms with E-state index in [-0.39, 0.29) is 24.0 Å². The molecule has 1 fully saturated rings. The van der Waals surface area contributed by atoms with Crippen molar-refractivity contribution >= 4 is 5.91 Å². The highest BCUT2D eigenvalue weighted by molar-refractivity contribution is 5.83. The SMILES string of the molecule is Cc1nn(C)c(C)c1[C@H]1OCC[C@@H]1NC(=O)[C@@H](C)c1cccnc1. The maximum atomic E-state index is 12.6. The lowest BCUT2D eigenvalue weighted by Gasteiger charge is -2.22. The largest absolute Gasteiger partial charge is 0.371 e. The Hall–Kier alpha value is -2.21. The molecule has 1 amide bonds. The molecule has 0 aromatic carbocycles. The summed E-state index contributed by atoms with van der Waals surface area (Å²) in [6, 6.07) is 3.75. The Bertz CT molecular complexity index is 726. The van der Waals surface area contributed by atoms with E-state index in [2.05, 4.69) is 15.4 Å². The third kappa shape index (κ3) is 3.06. The summed E-state index contributed by atoms with van der Waals surface area (Å²) in [5.41, 5.74) is 4.05. The van der Waals surface area contributed by atoms with Gasteiger partial charge in [-0.25, -0.2) is 0 Å². The second-order valence-corrected chi connectivity index (χ2v) is 6.41. The first kappa shape index (κ1) is 16.6. The average Bonchev–Trinajstić information content (AvgIpc) is 3.11. The van der Waals surface area contributed by atoms with Gasteiger partial charge < -0.3 is 10.1 Å². The molecule has 1 saturated heterocycles. The number of amides is 1. The molecular formula is C18H24N4O2. The maximum Gasteiger partial charge on any atom is 0.227 e. The van der Waals surface area contributed by atoms with Crippen LogP contribution in [0.25, 0.3) is 0 Å². The standard InChI is InChI=1S/C18H24N4O2/c1-11(14-6-5-8-19-10-14)18(23)20-15-7-9-24-17(15)16-12(2)21-22(4)13(16)3/h5-6,8,10-11,15,17H,7,9H2,1-4H3,(H,20,23)/t11-,15-,17-/m0/s1. The molecule has 2 aromatic rings. The van der Waals surface area contributed by atoms with Crippen LogP contribution in [0.4, 0.5) is 0 Å². The van der Waals surface area contributed by atoms with Crippen molar-refractivity contribution in [1.82, 2.24) is 20.1 Å². The minimum Gasteiger partial charge on any atom is -0.371 e. The number of aryl methyl sites for hydroxylation is 2. The number of ether oxygens (including phenoxy) is 1. The molecular weight excluding hydrogens is 304 g/mol. The molecule has 1 N–H and O–H groups in total. The molecule has 1 aliphatic rings. The summed E-state index contributed by atoms with van der Waals surface area (Å²) >= 11 is 0. The van der Waals surface area contributed by atoms with Crippen molar-refractivity contribution in [1.29, 1.82) is 0 Å². The number of hydrogen-bond acceptors (Lipinski definition) is 4. The minimum atomic E-state index is -0.240. The topological polar surface area (TPSA) is 69.0 Å². The molecule has 2 aromatic heterocycles. The van der Waals surface area contributed by atoms with Crippen LogP contribution in [-0.2, 0) is 16.6 Å². The number of hydrogen-bond donors (Lipinski definition) is 1. The van der Waals surface area contributed by atoms with Gasteiger partial charge in [-0.1, -0.05) is 6.07 Å². The second kappa shape index (κ2) is 6.73. The van der Waals surface area contributed by atoms with Crippen LogP contribution in [0.5, 0.6) is 0 Å². The zero-order valence-electron chi connectivity index (χ0n) is 14.6. The first-order valence-electron chi connectivity index (χ1n) is 8.31. The number of pyridine rings is 1. The summed E-state index contributed by atoms with van der Waals surface area (Å²) in [5, 5.41) is 7.63. The van der Waals surface area contributed by atoms with Gasteiger partial charge >= 0.3 is 0 Å². The van der Waals surface area contributed by atoms with Gasteiger partial charge in [0.1, 0.15) is 6.10 Å². The number of rotatable bonds is 4. The highest BCUT2D eigenvalue weighted by atomic mass is 16.5. The lowest BCUT2D eigenvalue weighted by atomic mass is 9.98. The van der Waals surface area contributed by atoms with Crippen molar-refractivity contribution in [3.63, 3.8) is 0 Å². The number of carbonyl (C=O) groups excluding carboxylic acids is 1. The van der Waals surface area contributed by atoms with Crippen LogP contribution < -0.4 is 5.32 Å². The van der Waals surface area contributed by atoms with E-state index < -0.39 is 0 Å². The van der Waals surface area contributed by atoms with E-state index in [4.69, 9.17) is 4.74 Å². The number of nitrogens with one attached hydrogen (secondary N) is 1. The van der Waals surface area contributed by atoms with Gasteiger partial charge in [0.2, 0.25) is 5.91 Å². The fourth-order valence-corrected chi connectivity index (χ4v) is 3.31. The molecule has 0 spiro atoms. The zero-order valence-corrected chi connectivity index (χ0v) is 14.6. The first-order valence-corrected chi connectivity index (χ1v) is 8.31. The summed E-state index contributed by atoms with van der Waals surface area (Å²) < 4.78 is 7.80. The molecule has 128 valence electrons. The molecule has 6 nitrogen and oxygen atoms in total. The Labute approximate surface area is 142 Å². The highest BCUT2D eigenvalue weighted by Crippen LogP contribution is 2.33. The number of carbonyl (C=O) groups is 1. The van der Waals surface area contributed by atoms with Crippen LogP contribution in [0, 0.1) is 13.8 Å². The molecule has 24 heavy (non-hydrogen) atoms. The summed E-state index contributed by atoms with van der Waals surface area (Å²) in [4.78, 5) is 16.7. The van der Waals surface area contributed by atoms with Crippen LogP contribution in [0.1, 0.15) is 47.9 Å².